The standard InChI is InChI=1S/C5H3Cl2N5/c6-3-2-4(11-5(8)10-3)12(7)1-9-2/h1H,(H2,8,10,11). The Kier molecular flexibility index (Phi) is 1.55. The van der Waals surface area contributed by atoms with Gasteiger partial charge in [0.05, 0.1) is 0 Å². The average molecular weight is 204 g/mol. The van der Waals surface area contributed by atoms with Crippen molar-refractivity contribution < 1.29 is 0 Å². The Morgan fingerprint density at radius 1 is 1.42 bits per heavy atom. The fourth-order valence-corrected chi connectivity index (χ4v) is 1.24. The van der Waals surface area contributed by atoms with Gasteiger partial charge in [-0.15, -0.1) is 0 Å². The number of rotatable bonds is 0. The van der Waals surface area contributed by atoms with Gasteiger partial charge in [0.25, 0.3) is 0 Å². The first-order valence-electron chi connectivity index (χ1n) is 3.00. The highest BCUT2D eigenvalue weighted by atomic mass is 35.5. The monoisotopic (exact) mass is 203 g/mol. The normalized spacial score (nSPS) is 10.8. The summed E-state index contributed by atoms with van der Waals surface area (Å²) < 4.78 is 1.21. The van der Waals surface area contributed by atoms with Crippen LogP contribution in [0.15, 0.2) is 6.33 Å². The third kappa shape index (κ3) is 0.981. The van der Waals surface area contributed by atoms with E-state index in [9.17, 15) is 0 Å². The summed E-state index contributed by atoms with van der Waals surface area (Å²) in [5.74, 6) is 0.0786. The van der Waals surface area contributed by atoms with E-state index >= 15 is 0 Å². The van der Waals surface area contributed by atoms with Crippen molar-refractivity contribution in [3.8, 4) is 0 Å². The molecule has 0 aliphatic heterocycles. The molecule has 12 heavy (non-hydrogen) atoms. The van der Waals surface area contributed by atoms with Gasteiger partial charge in [0.15, 0.2) is 10.8 Å². The van der Waals surface area contributed by atoms with Gasteiger partial charge in [-0.2, -0.15) is 9.97 Å². The number of nitrogens with two attached hydrogens (primary N) is 1. The van der Waals surface area contributed by atoms with E-state index in [0.29, 0.717) is 11.2 Å². The van der Waals surface area contributed by atoms with Crippen molar-refractivity contribution in [1.29, 1.82) is 0 Å². The highest BCUT2D eigenvalue weighted by molar-refractivity contribution is 6.34. The van der Waals surface area contributed by atoms with E-state index in [1.54, 1.807) is 0 Å². The van der Waals surface area contributed by atoms with Crippen molar-refractivity contribution in [2.75, 3.05) is 5.73 Å². The van der Waals surface area contributed by atoms with Crippen LogP contribution in [-0.2, 0) is 0 Å². The molecule has 2 rings (SSSR count). The van der Waals surface area contributed by atoms with Gasteiger partial charge >= 0.3 is 0 Å². The van der Waals surface area contributed by atoms with Crippen molar-refractivity contribution in [3.05, 3.63) is 11.5 Å². The first-order chi connectivity index (χ1) is 5.68. The van der Waals surface area contributed by atoms with Crippen LogP contribution in [0, 0.1) is 0 Å². The van der Waals surface area contributed by atoms with Crippen LogP contribution in [0.2, 0.25) is 5.15 Å². The molecule has 0 saturated carbocycles. The van der Waals surface area contributed by atoms with E-state index in [-0.39, 0.29) is 11.1 Å². The van der Waals surface area contributed by atoms with Crippen LogP contribution in [-0.4, -0.2) is 19.0 Å². The number of halogens is 2. The third-order valence-corrected chi connectivity index (χ3v) is 1.84. The number of imidazole rings is 1. The van der Waals surface area contributed by atoms with E-state index in [0.717, 1.165) is 0 Å². The molecular weight excluding hydrogens is 201 g/mol. The van der Waals surface area contributed by atoms with Crippen molar-refractivity contribution in [2.45, 2.75) is 0 Å². The number of nitrogens with zero attached hydrogens (tertiary/aromatic N) is 4. The van der Waals surface area contributed by atoms with Crippen molar-refractivity contribution in [2.24, 2.45) is 0 Å². The van der Waals surface area contributed by atoms with Crippen LogP contribution in [0.1, 0.15) is 0 Å². The minimum absolute atomic E-state index is 0.0786. The summed E-state index contributed by atoms with van der Waals surface area (Å²) in [4.78, 5) is 11.4. The predicted molar refractivity (Wildman–Crippen MR) is 46.0 cm³/mol. The Balaban J connectivity index is 2.92. The van der Waals surface area contributed by atoms with E-state index in [1.807, 2.05) is 0 Å². The fourth-order valence-electron chi connectivity index (χ4n) is 0.855. The largest absolute Gasteiger partial charge is 0.368 e. The number of aromatic nitrogens is 4. The molecule has 62 valence electrons. The van der Waals surface area contributed by atoms with Gasteiger partial charge in [-0.25, -0.2) is 9.07 Å². The molecule has 2 aromatic rings. The van der Waals surface area contributed by atoms with E-state index < -0.39 is 0 Å². The summed E-state index contributed by atoms with van der Waals surface area (Å²) in [6.07, 6.45) is 1.38. The first-order valence-corrected chi connectivity index (χ1v) is 3.72. The minimum atomic E-state index is 0.0786. The predicted octanol–water partition coefficient (Wildman–Crippen LogP) is 1.06. The lowest BCUT2D eigenvalue weighted by Gasteiger charge is -1.94. The quantitative estimate of drug-likeness (QED) is 0.651. The molecule has 0 bridgehead atoms. The second kappa shape index (κ2) is 2.46. The molecule has 2 heterocycles. The average Bonchev–Trinajstić information content (AvgIpc) is 2.33. The zero-order chi connectivity index (χ0) is 8.72. The van der Waals surface area contributed by atoms with Gasteiger partial charge in [0, 0.05) is 11.8 Å². The molecular formula is C5H3Cl2N5. The van der Waals surface area contributed by atoms with Crippen LogP contribution in [0.4, 0.5) is 5.95 Å². The Morgan fingerprint density at radius 3 is 2.92 bits per heavy atom. The highest BCUT2D eigenvalue weighted by Gasteiger charge is 2.08. The molecule has 0 aliphatic rings. The molecule has 2 aromatic heterocycles. The van der Waals surface area contributed by atoms with E-state index in [4.69, 9.17) is 29.1 Å². The topological polar surface area (TPSA) is 69.6 Å². The van der Waals surface area contributed by atoms with Gasteiger partial charge in [-0.1, -0.05) is 11.6 Å². The van der Waals surface area contributed by atoms with Crippen LogP contribution < -0.4 is 5.73 Å². The Hall–Kier alpha value is -1.07. The zero-order valence-corrected chi connectivity index (χ0v) is 7.21. The number of anilines is 1. The summed E-state index contributed by atoms with van der Waals surface area (Å²) in [6, 6.07) is 0. The second-order valence-electron chi connectivity index (χ2n) is 2.10. The van der Waals surface area contributed by atoms with Crippen LogP contribution in [0.25, 0.3) is 11.2 Å². The molecule has 0 fully saturated rings. The van der Waals surface area contributed by atoms with Gasteiger partial charge in [0.1, 0.15) is 11.8 Å². The third-order valence-electron chi connectivity index (χ3n) is 1.33. The lowest BCUT2D eigenvalue weighted by atomic mass is 10.6. The lowest BCUT2D eigenvalue weighted by molar-refractivity contribution is 1.18. The lowest BCUT2D eigenvalue weighted by Crippen LogP contribution is -1.96. The van der Waals surface area contributed by atoms with Gasteiger partial charge in [0.2, 0.25) is 5.95 Å². The fraction of sp³-hybridized carbons (Fsp3) is 0. The maximum Gasteiger partial charge on any atom is 0.223 e. The molecule has 7 heteroatoms. The Labute approximate surface area is 77.2 Å². The van der Waals surface area contributed by atoms with Gasteiger partial charge < -0.3 is 5.73 Å². The molecule has 0 amide bonds. The highest BCUT2D eigenvalue weighted by Crippen LogP contribution is 2.19. The van der Waals surface area contributed by atoms with Gasteiger partial charge in [-0.05, 0) is 0 Å². The first kappa shape index (κ1) is 7.57. The Morgan fingerprint density at radius 2 is 2.17 bits per heavy atom. The molecule has 0 unspecified atom stereocenters. The smallest absolute Gasteiger partial charge is 0.223 e. The van der Waals surface area contributed by atoms with E-state index in [2.05, 4.69) is 15.0 Å². The number of hydrogen-bond acceptors (Lipinski definition) is 4. The molecule has 0 radical (unpaired) electrons. The molecule has 0 aromatic carbocycles. The second-order valence-corrected chi connectivity index (χ2v) is 2.82. The van der Waals surface area contributed by atoms with Crippen molar-refractivity contribution >= 4 is 40.5 Å². The number of hydrogen-bond donors (Lipinski definition) is 1. The summed E-state index contributed by atoms with van der Waals surface area (Å²) in [7, 11) is 0. The molecule has 0 spiro atoms. The number of fused-ring (bicyclic) bond motifs is 1. The SMILES string of the molecule is Nc1nc(Cl)c2ncn(Cl)c2n1. The summed E-state index contributed by atoms with van der Waals surface area (Å²) >= 11 is 11.4. The number of nitrogen functional groups attached to an aromatic ring is 1. The van der Waals surface area contributed by atoms with Crippen molar-refractivity contribution in [3.63, 3.8) is 0 Å². The summed E-state index contributed by atoms with van der Waals surface area (Å²) in [6.45, 7) is 0. The molecule has 0 aliphatic carbocycles. The van der Waals surface area contributed by atoms with Crippen LogP contribution in [0.5, 0.6) is 0 Å². The van der Waals surface area contributed by atoms with Crippen LogP contribution >= 0.6 is 23.4 Å². The van der Waals surface area contributed by atoms with Crippen LogP contribution in [0.3, 0.4) is 0 Å². The molecule has 0 atom stereocenters. The summed E-state index contributed by atoms with van der Waals surface area (Å²) in [5.41, 5.74) is 6.20. The minimum Gasteiger partial charge on any atom is -0.368 e. The van der Waals surface area contributed by atoms with E-state index in [1.165, 1.54) is 10.4 Å². The maximum atomic E-state index is 5.71. The molecule has 5 nitrogen and oxygen atoms in total. The zero-order valence-electron chi connectivity index (χ0n) is 5.70. The van der Waals surface area contributed by atoms with Gasteiger partial charge in [-0.3, -0.25) is 0 Å². The van der Waals surface area contributed by atoms with Crippen molar-refractivity contribution in [1.82, 2.24) is 19.0 Å². The summed E-state index contributed by atoms with van der Waals surface area (Å²) in [5, 5.41) is 0.205. The Bertz CT molecular complexity index is 437. The molecule has 0 saturated heterocycles. The molecule has 2 N–H and O–H groups in total. The maximum absolute atomic E-state index is 5.71.